The van der Waals surface area contributed by atoms with E-state index >= 15 is 0 Å². The van der Waals surface area contributed by atoms with Gasteiger partial charge in [-0.1, -0.05) is 13.8 Å². The smallest absolute Gasteiger partial charge is 0.238 e. The lowest BCUT2D eigenvalue weighted by atomic mass is 10.0. The Morgan fingerprint density at radius 3 is 2.67 bits per heavy atom. The Balaban J connectivity index is 2.23. The fourth-order valence-electron chi connectivity index (χ4n) is 2.44. The standard InChI is InChI=1S/C14H20N2O4S/c1-3-9(4-2)14(17)16-12-8-20-13-6-5-10(7-11(12)13)21(15,18)19/h5-7,9,12H,3-4,8H2,1-2H3,(H,16,17)(H2,15,18,19). The Kier molecular flexibility index (Phi) is 4.53. The van der Waals surface area contributed by atoms with Crippen molar-refractivity contribution in [3.63, 3.8) is 0 Å². The number of hydrogen-bond donors (Lipinski definition) is 2. The van der Waals surface area contributed by atoms with Crippen LogP contribution in [-0.2, 0) is 14.8 Å². The summed E-state index contributed by atoms with van der Waals surface area (Å²) < 4.78 is 28.3. The number of sulfonamides is 1. The summed E-state index contributed by atoms with van der Waals surface area (Å²) in [4.78, 5) is 12.2. The zero-order chi connectivity index (χ0) is 15.6. The maximum absolute atomic E-state index is 12.1. The highest BCUT2D eigenvalue weighted by molar-refractivity contribution is 7.89. The van der Waals surface area contributed by atoms with Crippen LogP contribution >= 0.6 is 0 Å². The molecule has 0 radical (unpaired) electrons. The molecule has 0 aliphatic carbocycles. The van der Waals surface area contributed by atoms with Crippen molar-refractivity contribution in [2.24, 2.45) is 11.1 Å². The lowest BCUT2D eigenvalue weighted by Crippen LogP contribution is -2.34. The minimum Gasteiger partial charge on any atom is -0.491 e. The van der Waals surface area contributed by atoms with Gasteiger partial charge in [-0.2, -0.15) is 0 Å². The molecule has 1 aliphatic heterocycles. The Morgan fingerprint density at radius 1 is 1.43 bits per heavy atom. The minimum absolute atomic E-state index is 0.0218. The van der Waals surface area contributed by atoms with Crippen molar-refractivity contribution in [2.75, 3.05) is 6.61 Å². The molecule has 0 aromatic heterocycles. The van der Waals surface area contributed by atoms with Crippen LogP contribution in [0.3, 0.4) is 0 Å². The van der Waals surface area contributed by atoms with E-state index in [0.717, 1.165) is 12.8 Å². The number of amides is 1. The molecule has 1 heterocycles. The SMILES string of the molecule is CCC(CC)C(=O)NC1COc2ccc(S(N)(=O)=O)cc21. The first-order valence-electron chi connectivity index (χ1n) is 6.96. The van der Waals surface area contributed by atoms with E-state index in [0.29, 0.717) is 17.9 Å². The van der Waals surface area contributed by atoms with E-state index in [1.54, 1.807) is 6.07 Å². The zero-order valence-electron chi connectivity index (χ0n) is 12.1. The van der Waals surface area contributed by atoms with Crippen molar-refractivity contribution in [1.29, 1.82) is 0 Å². The van der Waals surface area contributed by atoms with E-state index in [1.807, 2.05) is 13.8 Å². The second-order valence-corrected chi connectivity index (χ2v) is 6.69. The van der Waals surface area contributed by atoms with Gasteiger partial charge < -0.3 is 10.1 Å². The van der Waals surface area contributed by atoms with Crippen LogP contribution in [0.15, 0.2) is 23.1 Å². The van der Waals surface area contributed by atoms with Gasteiger partial charge in [0.1, 0.15) is 12.4 Å². The first kappa shape index (κ1) is 15.8. The van der Waals surface area contributed by atoms with Crippen molar-refractivity contribution in [1.82, 2.24) is 5.32 Å². The number of rotatable bonds is 5. The van der Waals surface area contributed by atoms with Gasteiger partial charge in [-0.25, -0.2) is 13.6 Å². The van der Waals surface area contributed by atoms with E-state index in [1.165, 1.54) is 12.1 Å². The van der Waals surface area contributed by atoms with E-state index in [-0.39, 0.29) is 22.8 Å². The third-order valence-electron chi connectivity index (χ3n) is 3.76. The largest absolute Gasteiger partial charge is 0.491 e. The number of benzene rings is 1. The summed E-state index contributed by atoms with van der Waals surface area (Å²) in [6.07, 6.45) is 1.53. The van der Waals surface area contributed by atoms with E-state index in [2.05, 4.69) is 5.32 Å². The summed E-state index contributed by atoms with van der Waals surface area (Å²) in [6.45, 7) is 4.23. The number of nitrogens with one attached hydrogen (secondary N) is 1. The first-order chi connectivity index (χ1) is 9.86. The summed E-state index contributed by atoms with van der Waals surface area (Å²) in [5.74, 6) is 0.496. The average Bonchev–Trinajstić information content (AvgIpc) is 2.82. The molecule has 6 nitrogen and oxygen atoms in total. The van der Waals surface area contributed by atoms with E-state index in [4.69, 9.17) is 9.88 Å². The topological polar surface area (TPSA) is 98.5 Å². The highest BCUT2D eigenvalue weighted by atomic mass is 32.2. The Bertz CT molecular complexity index is 638. The van der Waals surface area contributed by atoms with Crippen LogP contribution in [0.25, 0.3) is 0 Å². The van der Waals surface area contributed by atoms with Crippen LogP contribution in [0.5, 0.6) is 5.75 Å². The monoisotopic (exact) mass is 312 g/mol. The van der Waals surface area contributed by atoms with Crippen LogP contribution in [0.1, 0.15) is 38.3 Å². The quantitative estimate of drug-likeness (QED) is 0.856. The molecule has 1 aromatic rings. The molecule has 0 saturated carbocycles. The van der Waals surface area contributed by atoms with Gasteiger partial charge in [-0.15, -0.1) is 0 Å². The maximum Gasteiger partial charge on any atom is 0.238 e. The fraction of sp³-hybridized carbons (Fsp3) is 0.500. The molecule has 7 heteroatoms. The number of nitrogens with two attached hydrogens (primary N) is 1. The Hall–Kier alpha value is -1.60. The van der Waals surface area contributed by atoms with Gasteiger partial charge in [-0.05, 0) is 31.0 Å². The van der Waals surface area contributed by atoms with Gasteiger partial charge in [0, 0.05) is 11.5 Å². The number of carbonyl (C=O) groups is 1. The van der Waals surface area contributed by atoms with Gasteiger partial charge in [0.25, 0.3) is 0 Å². The van der Waals surface area contributed by atoms with Gasteiger partial charge in [0.05, 0.1) is 10.9 Å². The Morgan fingerprint density at radius 2 is 2.10 bits per heavy atom. The van der Waals surface area contributed by atoms with Crippen LogP contribution in [0.4, 0.5) is 0 Å². The number of ether oxygens (including phenoxy) is 1. The van der Waals surface area contributed by atoms with Crippen LogP contribution in [0, 0.1) is 5.92 Å². The molecular weight excluding hydrogens is 292 g/mol. The van der Waals surface area contributed by atoms with Crippen LogP contribution in [-0.4, -0.2) is 20.9 Å². The van der Waals surface area contributed by atoms with Gasteiger partial charge in [0.15, 0.2) is 0 Å². The molecule has 0 spiro atoms. The fourth-order valence-corrected chi connectivity index (χ4v) is 2.99. The second kappa shape index (κ2) is 6.03. The molecule has 1 aliphatic rings. The lowest BCUT2D eigenvalue weighted by Gasteiger charge is -2.17. The van der Waals surface area contributed by atoms with Crippen molar-refractivity contribution >= 4 is 15.9 Å². The second-order valence-electron chi connectivity index (χ2n) is 5.13. The predicted molar refractivity (Wildman–Crippen MR) is 78.3 cm³/mol. The summed E-state index contributed by atoms with van der Waals surface area (Å²) >= 11 is 0. The van der Waals surface area contributed by atoms with Crippen LogP contribution < -0.4 is 15.2 Å². The number of primary sulfonamides is 1. The third kappa shape index (κ3) is 3.36. The number of hydrogen-bond acceptors (Lipinski definition) is 4. The molecule has 116 valence electrons. The van der Waals surface area contributed by atoms with E-state index in [9.17, 15) is 13.2 Å². The predicted octanol–water partition coefficient (Wildman–Crippen LogP) is 1.32. The molecule has 1 amide bonds. The summed E-state index contributed by atoms with van der Waals surface area (Å²) in [5, 5.41) is 8.05. The highest BCUT2D eigenvalue weighted by Crippen LogP contribution is 2.34. The molecule has 2 rings (SSSR count). The lowest BCUT2D eigenvalue weighted by molar-refractivity contribution is -0.126. The summed E-state index contributed by atoms with van der Waals surface area (Å²) in [6, 6.07) is 4.10. The molecule has 0 bridgehead atoms. The molecule has 1 aromatic carbocycles. The maximum atomic E-state index is 12.1. The summed E-state index contributed by atoms with van der Waals surface area (Å²) in [5.41, 5.74) is 0.654. The van der Waals surface area contributed by atoms with Crippen molar-refractivity contribution in [3.05, 3.63) is 23.8 Å². The molecule has 1 unspecified atom stereocenters. The minimum atomic E-state index is -3.77. The number of carbonyl (C=O) groups excluding carboxylic acids is 1. The third-order valence-corrected chi connectivity index (χ3v) is 4.67. The molecule has 0 fully saturated rings. The van der Waals surface area contributed by atoms with Gasteiger partial charge in [0.2, 0.25) is 15.9 Å². The van der Waals surface area contributed by atoms with Crippen molar-refractivity contribution < 1.29 is 17.9 Å². The van der Waals surface area contributed by atoms with Crippen LogP contribution in [0.2, 0.25) is 0 Å². The van der Waals surface area contributed by atoms with Gasteiger partial charge >= 0.3 is 0 Å². The number of fused-ring (bicyclic) bond motifs is 1. The van der Waals surface area contributed by atoms with Gasteiger partial charge in [-0.3, -0.25) is 4.79 Å². The zero-order valence-corrected chi connectivity index (χ0v) is 12.9. The Labute approximate surface area is 124 Å². The molecule has 1 atom stereocenters. The average molecular weight is 312 g/mol. The molecule has 3 N–H and O–H groups in total. The highest BCUT2D eigenvalue weighted by Gasteiger charge is 2.28. The molecule has 0 saturated heterocycles. The normalized spacial score (nSPS) is 17.4. The molecular formula is C14H20N2O4S. The van der Waals surface area contributed by atoms with Crippen molar-refractivity contribution in [3.8, 4) is 5.75 Å². The van der Waals surface area contributed by atoms with Crippen molar-refractivity contribution in [2.45, 2.75) is 37.6 Å². The summed E-state index contributed by atoms with van der Waals surface area (Å²) in [7, 11) is -3.77. The molecule has 21 heavy (non-hydrogen) atoms. The first-order valence-corrected chi connectivity index (χ1v) is 8.51. The van der Waals surface area contributed by atoms with E-state index < -0.39 is 10.0 Å².